The fraction of sp³-hybridized carbons (Fsp3) is 0.360. The molecule has 0 atom stereocenters. The molecule has 0 radical (unpaired) electrons. The average Bonchev–Trinajstić information content (AvgIpc) is 3.36. The van der Waals surface area contributed by atoms with Gasteiger partial charge in [0.05, 0.1) is 11.2 Å². The number of nitrogens with zero attached hydrogens (tertiary/aromatic N) is 3. The van der Waals surface area contributed by atoms with Crippen LogP contribution in [-0.4, -0.2) is 41.3 Å². The quantitative estimate of drug-likeness (QED) is 0.547. The van der Waals surface area contributed by atoms with Crippen LogP contribution in [0.1, 0.15) is 53.6 Å². The zero-order valence-electron chi connectivity index (χ0n) is 18.9. The van der Waals surface area contributed by atoms with E-state index in [1.165, 1.54) is 22.9 Å². The molecular formula is C25H30N4O3S. The minimum absolute atomic E-state index is 0.0521. The fourth-order valence-corrected chi connectivity index (χ4v) is 5.71. The molecule has 174 valence electrons. The minimum atomic E-state index is -3.57. The van der Waals surface area contributed by atoms with Gasteiger partial charge in [0.2, 0.25) is 10.0 Å². The van der Waals surface area contributed by atoms with Crippen LogP contribution >= 0.6 is 0 Å². The number of hydrogen-bond donors (Lipinski definition) is 1. The molecule has 0 saturated heterocycles. The van der Waals surface area contributed by atoms with Gasteiger partial charge in [-0.25, -0.2) is 13.4 Å². The molecule has 1 saturated carbocycles. The van der Waals surface area contributed by atoms with Crippen molar-refractivity contribution in [2.75, 3.05) is 7.05 Å². The highest BCUT2D eigenvalue weighted by molar-refractivity contribution is 7.89. The van der Waals surface area contributed by atoms with Gasteiger partial charge in [-0.3, -0.25) is 4.79 Å². The van der Waals surface area contributed by atoms with Crippen LogP contribution in [0.25, 0.3) is 0 Å². The lowest BCUT2D eigenvalue weighted by Gasteiger charge is -2.30. The molecule has 1 aliphatic carbocycles. The van der Waals surface area contributed by atoms with Crippen LogP contribution in [0.5, 0.6) is 0 Å². The van der Waals surface area contributed by atoms with Crippen molar-refractivity contribution in [3.05, 3.63) is 83.9 Å². The van der Waals surface area contributed by atoms with E-state index in [0.29, 0.717) is 18.7 Å². The highest BCUT2D eigenvalue weighted by atomic mass is 32.2. The fourth-order valence-electron chi connectivity index (χ4n) is 4.30. The zero-order chi connectivity index (χ0) is 23.3. The normalized spacial score (nSPS) is 15.0. The Balaban J connectivity index is 1.36. The third kappa shape index (κ3) is 5.69. The second kappa shape index (κ2) is 10.3. The van der Waals surface area contributed by atoms with Gasteiger partial charge in [-0.2, -0.15) is 4.31 Å². The number of sulfonamides is 1. The largest absolute Gasteiger partial charge is 0.348 e. The van der Waals surface area contributed by atoms with Crippen LogP contribution in [0.4, 0.5) is 0 Å². The summed E-state index contributed by atoms with van der Waals surface area (Å²) < 4.78 is 29.5. The van der Waals surface area contributed by atoms with E-state index >= 15 is 0 Å². The molecule has 1 fully saturated rings. The van der Waals surface area contributed by atoms with E-state index in [9.17, 15) is 13.2 Å². The number of carbonyl (C=O) groups excluding carboxylic acids is 1. The van der Waals surface area contributed by atoms with Crippen LogP contribution in [0.3, 0.4) is 0 Å². The topological polar surface area (TPSA) is 84.3 Å². The van der Waals surface area contributed by atoms with Crippen LogP contribution in [0.2, 0.25) is 0 Å². The molecule has 0 aliphatic heterocycles. The number of imidazole rings is 1. The SMILES string of the molecule is CN(C1CCCCC1)S(=O)(=O)c1ccc(C(=O)NCc2cccc(Cn3ccnc3)c2)cc1. The Labute approximate surface area is 195 Å². The summed E-state index contributed by atoms with van der Waals surface area (Å²) in [6.45, 7) is 1.11. The van der Waals surface area contributed by atoms with Gasteiger partial charge in [0, 0.05) is 44.1 Å². The van der Waals surface area contributed by atoms with E-state index in [4.69, 9.17) is 0 Å². The summed E-state index contributed by atoms with van der Waals surface area (Å²) in [4.78, 5) is 16.9. The van der Waals surface area contributed by atoms with Crippen LogP contribution in [0.15, 0.2) is 72.1 Å². The maximum atomic E-state index is 13.0. The Morgan fingerprint density at radius 2 is 1.82 bits per heavy atom. The van der Waals surface area contributed by atoms with Gasteiger partial charge >= 0.3 is 0 Å². The summed E-state index contributed by atoms with van der Waals surface area (Å²) in [5.74, 6) is -0.236. The smallest absolute Gasteiger partial charge is 0.251 e. The first kappa shape index (κ1) is 23.2. The standard InChI is InChI=1S/C25H30N4O3S/c1-28(23-8-3-2-4-9-23)33(31,32)24-12-10-22(11-13-24)25(30)27-17-20-6-5-7-21(16-20)18-29-15-14-26-19-29/h5-7,10-16,19,23H,2-4,8-9,17-18H2,1H3,(H,27,30). The zero-order valence-corrected chi connectivity index (χ0v) is 19.7. The molecule has 1 aliphatic rings. The maximum absolute atomic E-state index is 13.0. The molecule has 0 unspecified atom stereocenters. The second-order valence-corrected chi connectivity index (χ2v) is 10.6. The molecule has 1 amide bonds. The van der Waals surface area contributed by atoms with E-state index in [0.717, 1.165) is 36.8 Å². The molecule has 7 nitrogen and oxygen atoms in total. The number of rotatable bonds is 8. The van der Waals surface area contributed by atoms with Crippen LogP contribution < -0.4 is 5.32 Å². The first-order valence-electron chi connectivity index (χ1n) is 11.3. The van der Waals surface area contributed by atoms with E-state index in [1.807, 2.05) is 29.0 Å². The van der Waals surface area contributed by atoms with Crippen molar-refractivity contribution in [3.63, 3.8) is 0 Å². The lowest BCUT2D eigenvalue weighted by atomic mass is 9.96. The van der Waals surface area contributed by atoms with E-state index in [2.05, 4.69) is 16.4 Å². The summed E-state index contributed by atoms with van der Waals surface area (Å²) in [7, 11) is -1.91. The lowest BCUT2D eigenvalue weighted by Crippen LogP contribution is -2.38. The first-order chi connectivity index (χ1) is 15.9. The number of hydrogen-bond acceptors (Lipinski definition) is 4. The van der Waals surface area contributed by atoms with Gasteiger partial charge in [0.15, 0.2) is 0 Å². The van der Waals surface area contributed by atoms with Crippen molar-refractivity contribution >= 4 is 15.9 Å². The molecule has 1 heterocycles. The van der Waals surface area contributed by atoms with Crippen molar-refractivity contribution < 1.29 is 13.2 Å². The second-order valence-electron chi connectivity index (χ2n) is 8.58. The third-order valence-corrected chi connectivity index (χ3v) is 8.18. The highest BCUT2D eigenvalue weighted by Gasteiger charge is 2.29. The maximum Gasteiger partial charge on any atom is 0.251 e. The Bertz CT molecular complexity index is 1170. The van der Waals surface area contributed by atoms with Crippen molar-refractivity contribution in [1.29, 1.82) is 0 Å². The Morgan fingerprint density at radius 3 is 2.52 bits per heavy atom. The molecule has 3 aromatic rings. The van der Waals surface area contributed by atoms with Gasteiger partial charge < -0.3 is 9.88 Å². The monoisotopic (exact) mass is 466 g/mol. The Hall–Kier alpha value is -2.97. The van der Waals surface area contributed by atoms with Crippen LogP contribution in [-0.2, 0) is 23.1 Å². The van der Waals surface area contributed by atoms with Crippen molar-refractivity contribution in [2.45, 2.75) is 56.1 Å². The Morgan fingerprint density at radius 1 is 1.09 bits per heavy atom. The van der Waals surface area contributed by atoms with Crippen molar-refractivity contribution in [3.8, 4) is 0 Å². The van der Waals surface area contributed by atoms with Crippen LogP contribution in [0, 0.1) is 0 Å². The van der Waals surface area contributed by atoms with Gasteiger partial charge in [0.25, 0.3) is 5.91 Å². The number of benzene rings is 2. The van der Waals surface area contributed by atoms with E-state index in [1.54, 1.807) is 31.7 Å². The number of aromatic nitrogens is 2. The summed E-state index contributed by atoms with van der Waals surface area (Å²) >= 11 is 0. The number of carbonyl (C=O) groups is 1. The molecule has 2 aromatic carbocycles. The summed E-state index contributed by atoms with van der Waals surface area (Å²) in [6.07, 6.45) is 10.5. The molecule has 8 heteroatoms. The van der Waals surface area contributed by atoms with Crippen molar-refractivity contribution in [1.82, 2.24) is 19.2 Å². The molecule has 0 spiro atoms. The van der Waals surface area contributed by atoms with E-state index in [-0.39, 0.29) is 16.8 Å². The first-order valence-corrected chi connectivity index (χ1v) is 12.8. The number of nitrogens with one attached hydrogen (secondary N) is 1. The van der Waals surface area contributed by atoms with Gasteiger partial charge in [0.1, 0.15) is 0 Å². The molecular weight excluding hydrogens is 436 g/mol. The molecule has 1 N–H and O–H groups in total. The molecule has 1 aromatic heterocycles. The van der Waals surface area contributed by atoms with Crippen molar-refractivity contribution in [2.24, 2.45) is 0 Å². The average molecular weight is 467 g/mol. The summed E-state index contributed by atoms with van der Waals surface area (Å²) in [5.41, 5.74) is 2.55. The predicted molar refractivity (Wildman–Crippen MR) is 127 cm³/mol. The number of amides is 1. The third-order valence-electron chi connectivity index (χ3n) is 6.25. The van der Waals surface area contributed by atoms with E-state index < -0.39 is 10.0 Å². The van der Waals surface area contributed by atoms with Gasteiger partial charge in [-0.15, -0.1) is 0 Å². The molecule has 33 heavy (non-hydrogen) atoms. The highest BCUT2D eigenvalue weighted by Crippen LogP contribution is 2.26. The predicted octanol–water partition coefficient (Wildman–Crippen LogP) is 3.81. The van der Waals surface area contributed by atoms with Gasteiger partial charge in [-0.05, 0) is 48.2 Å². The molecule has 4 rings (SSSR count). The summed E-state index contributed by atoms with van der Waals surface area (Å²) in [5, 5.41) is 2.92. The minimum Gasteiger partial charge on any atom is -0.348 e. The van der Waals surface area contributed by atoms with Gasteiger partial charge in [-0.1, -0.05) is 43.5 Å². The summed E-state index contributed by atoms with van der Waals surface area (Å²) in [6, 6.07) is 14.3. The molecule has 0 bridgehead atoms. The Kier molecular flexibility index (Phi) is 7.25. The lowest BCUT2D eigenvalue weighted by molar-refractivity contribution is 0.0950.